The molecule has 0 unspecified atom stereocenters. The van der Waals surface area contributed by atoms with Crippen LogP contribution >= 0.6 is 34.2 Å². The third kappa shape index (κ3) is 4.88. The van der Waals surface area contributed by atoms with Crippen LogP contribution in [-0.4, -0.2) is 9.81 Å². The number of halogens is 4. The second-order valence-electron chi connectivity index (χ2n) is 0.749. The van der Waals surface area contributed by atoms with E-state index in [1.165, 1.54) is 0 Å². The highest BCUT2D eigenvalue weighted by atomic mass is 127. The van der Waals surface area contributed by atoms with E-state index in [0.717, 1.165) is 22.6 Å². The van der Waals surface area contributed by atoms with Crippen LogP contribution in [0.15, 0.2) is 0 Å². The van der Waals surface area contributed by atoms with Crippen LogP contribution < -0.4 is 0 Å². The highest BCUT2D eigenvalue weighted by Crippen LogP contribution is 2.22. The fourth-order valence-corrected chi connectivity index (χ4v) is 0. The van der Waals surface area contributed by atoms with Gasteiger partial charge in [0.25, 0.3) is 0 Å². The molecule has 0 bridgehead atoms. The fourth-order valence-electron chi connectivity index (χ4n) is 0. The zero-order valence-electron chi connectivity index (χ0n) is 2.72. The van der Waals surface area contributed by atoms with Crippen LogP contribution in [0.2, 0.25) is 0 Å². The van der Waals surface area contributed by atoms with Gasteiger partial charge >= 0.3 is 3.93 Å². The number of rotatable bonds is 1. The lowest BCUT2D eigenvalue weighted by atomic mass is 10.9. The predicted molar refractivity (Wildman–Crippen MR) is 29.7 cm³/mol. The Labute approximate surface area is 53.0 Å². The molecule has 0 aliphatic rings. The van der Waals surface area contributed by atoms with Crippen molar-refractivity contribution in [2.45, 2.75) is 3.93 Å². The molecule has 0 nitrogen and oxygen atoms in total. The SMILES string of the molecule is FC(F)(I)CCl. The molecule has 0 heterocycles. The van der Waals surface area contributed by atoms with E-state index >= 15 is 0 Å². The molecule has 38 valence electrons. The Hall–Kier alpha value is 0.880. The lowest BCUT2D eigenvalue weighted by Crippen LogP contribution is -2.04. The van der Waals surface area contributed by atoms with E-state index < -0.39 is 9.81 Å². The van der Waals surface area contributed by atoms with Crippen molar-refractivity contribution < 1.29 is 8.78 Å². The molecule has 6 heavy (non-hydrogen) atoms. The smallest absolute Gasteiger partial charge is 0.194 e. The van der Waals surface area contributed by atoms with Gasteiger partial charge in [0.05, 0.1) is 5.88 Å². The number of hydrogen-bond acceptors (Lipinski definition) is 0. The summed E-state index contributed by atoms with van der Waals surface area (Å²) in [6.07, 6.45) is 0. The monoisotopic (exact) mass is 226 g/mol. The van der Waals surface area contributed by atoms with Crippen molar-refractivity contribution in [2.24, 2.45) is 0 Å². The van der Waals surface area contributed by atoms with Crippen LogP contribution in [-0.2, 0) is 0 Å². The molecule has 0 aliphatic heterocycles. The maximum Gasteiger partial charge on any atom is 0.309 e. The zero-order chi connectivity index (χ0) is 5.21. The van der Waals surface area contributed by atoms with Crippen molar-refractivity contribution >= 4 is 34.2 Å². The highest BCUT2D eigenvalue weighted by Gasteiger charge is 2.20. The van der Waals surface area contributed by atoms with Gasteiger partial charge in [-0.3, -0.25) is 0 Å². The Balaban J connectivity index is 3.17. The Morgan fingerprint density at radius 2 is 1.83 bits per heavy atom. The second-order valence-corrected chi connectivity index (χ2v) is 2.59. The Bertz CT molecular complexity index is 41.3. The predicted octanol–water partition coefficient (Wildman–Crippen LogP) is 2.25. The van der Waals surface area contributed by atoms with Gasteiger partial charge in [0.15, 0.2) is 0 Å². The van der Waals surface area contributed by atoms with Gasteiger partial charge in [-0.15, -0.1) is 11.6 Å². The third-order valence-electron chi connectivity index (χ3n) is 0.152. The first kappa shape index (κ1) is 6.88. The molecular weight excluding hydrogens is 224 g/mol. The first-order valence-corrected chi connectivity index (χ1v) is 2.80. The average molecular weight is 226 g/mol. The van der Waals surface area contributed by atoms with Gasteiger partial charge in [0, 0.05) is 0 Å². The van der Waals surface area contributed by atoms with E-state index in [9.17, 15) is 8.78 Å². The fraction of sp³-hybridized carbons (Fsp3) is 1.00. The summed E-state index contributed by atoms with van der Waals surface area (Å²) >= 11 is 5.70. The van der Waals surface area contributed by atoms with Crippen molar-refractivity contribution in [3.05, 3.63) is 0 Å². The minimum absolute atomic E-state index is 0.604. The normalized spacial score (nSPS) is 12.0. The van der Waals surface area contributed by atoms with Crippen LogP contribution in [0.3, 0.4) is 0 Å². The summed E-state index contributed by atoms with van der Waals surface area (Å²) in [5.74, 6) is -0.604. The van der Waals surface area contributed by atoms with E-state index in [2.05, 4.69) is 0 Å². The van der Waals surface area contributed by atoms with Crippen molar-refractivity contribution in [1.82, 2.24) is 0 Å². The molecule has 4 heteroatoms. The lowest BCUT2D eigenvalue weighted by molar-refractivity contribution is 0.154. The van der Waals surface area contributed by atoms with E-state index in [-0.39, 0.29) is 0 Å². The van der Waals surface area contributed by atoms with Gasteiger partial charge in [-0.1, -0.05) is 0 Å². The quantitative estimate of drug-likeness (QED) is 0.475. The zero-order valence-corrected chi connectivity index (χ0v) is 5.63. The van der Waals surface area contributed by atoms with Gasteiger partial charge in [-0.25, -0.2) is 0 Å². The molecule has 0 amide bonds. The molecule has 0 N–H and O–H groups in total. The summed E-state index contributed by atoms with van der Waals surface area (Å²) in [6, 6.07) is 0. The van der Waals surface area contributed by atoms with E-state index in [1.807, 2.05) is 0 Å². The molecule has 0 fully saturated rings. The maximum atomic E-state index is 11.3. The summed E-state index contributed by atoms with van der Waals surface area (Å²) < 4.78 is 19.9. The molecule has 0 saturated heterocycles. The molecular formula is C2H2ClF2I. The summed E-state index contributed by atoms with van der Waals surface area (Å²) in [5, 5.41) is 0. The van der Waals surface area contributed by atoms with E-state index in [4.69, 9.17) is 11.6 Å². The first-order chi connectivity index (χ1) is 2.56. The standard InChI is InChI=1S/C2H2ClF2I/c3-1-2(4,5)6/h1H2. The molecule has 0 saturated carbocycles. The Kier molecular flexibility index (Phi) is 2.59. The number of hydrogen-bond donors (Lipinski definition) is 0. The van der Waals surface area contributed by atoms with Crippen molar-refractivity contribution in [1.29, 1.82) is 0 Å². The Morgan fingerprint density at radius 3 is 1.83 bits per heavy atom. The molecule has 0 aromatic carbocycles. The molecule has 0 aromatic rings. The van der Waals surface area contributed by atoms with Gasteiger partial charge in [0.1, 0.15) is 0 Å². The highest BCUT2D eigenvalue weighted by molar-refractivity contribution is 14.1. The average Bonchev–Trinajstić information content (AvgIpc) is 1.35. The van der Waals surface area contributed by atoms with Crippen LogP contribution in [0.5, 0.6) is 0 Å². The van der Waals surface area contributed by atoms with Crippen molar-refractivity contribution in [3.63, 3.8) is 0 Å². The largest absolute Gasteiger partial charge is 0.309 e. The molecule has 0 spiro atoms. The first-order valence-electron chi connectivity index (χ1n) is 1.19. The van der Waals surface area contributed by atoms with E-state index in [1.54, 1.807) is 0 Å². The molecule has 0 aliphatic carbocycles. The van der Waals surface area contributed by atoms with Crippen LogP contribution in [0.1, 0.15) is 0 Å². The van der Waals surface area contributed by atoms with Crippen LogP contribution in [0.4, 0.5) is 8.78 Å². The maximum absolute atomic E-state index is 11.3. The molecule has 0 rings (SSSR count). The molecule has 0 radical (unpaired) electrons. The molecule has 0 aromatic heterocycles. The van der Waals surface area contributed by atoms with Crippen LogP contribution in [0.25, 0.3) is 0 Å². The summed E-state index contributed by atoms with van der Waals surface area (Å²) in [6.45, 7) is 0. The van der Waals surface area contributed by atoms with Gasteiger partial charge < -0.3 is 0 Å². The minimum Gasteiger partial charge on any atom is -0.194 e. The topological polar surface area (TPSA) is 0 Å². The van der Waals surface area contributed by atoms with Gasteiger partial charge in [0.2, 0.25) is 0 Å². The van der Waals surface area contributed by atoms with Crippen LogP contribution in [0, 0.1) is 0 Å². The third-order valence-corrected chi connectivity index (χ3v) is 1.32. The number of alkyl halides is 4. The minimum atomic E-state index is -2.72. The van der Waals surface area contributed by atoms with Crippen molar-refractivity contribution in [3.8, 4) is 0 Å². The summed E-state index contributed by atoms with van der Waals surface area (Å²) in [5.41, 5.74) is 0. The van der Waals surface area contributed by atoms with Gasteiger partial charge in [-0.05, 0) is 22.6 Å². The summed E-state index contributed by atoms with van der Waals surface area (Å²) in [4.78, 5) is 0. The Morgan fingerprint density at radius 1 is 1.67 bits per heavy atom. The van der Waals surface area contributed by atoms with E-state index in [0.29, 0.717) is 0 Å². The summed E-state index contributed by atoms with van der Waals surface area (Å²) in [7, 11) is 0. The lowest BCUT2D eigenvalue weighted by Gasteiger charge is -1.97. The van der Waals surface area contributed by atoms with Crippen molar-refractivity contribution in [2.75, 3.05) is 5.88 Å². The molecule has 0 atom stereocenters. The van der Waals surface area contributed by atoms with Gasteiger partial charge in [-0.2, -0.15) is 8.78 Å². The second kappa shape index (κ2) is 2.26.